The summed E-state index contributed by atoms with van der Waals surface area (Å²) in [5.74, 6) is 1.34. The Hall–Kier alpha value is -0.110. The lowest BCUT2D eigenvalue weighted by Crippen LogP contribution is -2.14. The van der Waals surface area contributed by atoms with Gasteiger partial charge in [0.15, 0.2) is 0 Å². The predicted molar refractivity (Wildman–Crippen MR) is 62.6 cm³/mol. The maximum absolute atomic E-state index is 5.67. The van der Waals surface area contributed by atoms with E-state index in [0.717, 1.165) is 11.9 Å². The number of hydrogen-bond acceptors (Lipinski definition) is 2. The predicted octanol–water partition coefficient (Wildman–Crippen LogP) is 3.75. The monoisotopic (exact) mass is 212 g/mol. The molecule has 0 radical (unpaired) electrons. The van der Waals surface area contributed by atoms with Crippen molar-refractivity contribution in [1.29, 1.82) is 0 Å². The van der Waals surface area contributed by atoms with E-state index in [4.69, 9.17) is 4.74 Å². The molecule has 0 spiro atoms. The first-order valence-electron chi connectivity index (χ1n) is 5.86. The number of rotatable bonds is 3. The van der Waals surface area contributed by atoms with Crippen LogP contribution in [0.3, 0.4) is 0 Å². The lowest BCUT2D eigenvalue weighted by Gasteiger charge is -2.20. The third-order valence-electron chi connectivity index (χ3n) is 3.05. The van der Waals surface area contributed by atoms with Gasteiger partial charge in [0.2, 0.25) is 0 Å². The van der Waals surface area contributed by atoms with Crippen LogP contribution in [0.1, 0.15) is 44.9 Å². The summed E-state index contributed by atoms with van der Waals surface area (Å²) in [6, 6.07) is 0. The minimum absolute atomic E-state index is 0.766. The molecule has 1 saturated carbocycles. The zero-order chi connectivity index (χ0) is 9.64. The standard InChI is InChI=1S/C12H20OS/c1-2-6-11(5-1)9-13-10-12-7-3-4-8-14-12/h9,12H,1-8,10H2. The molecule has 14 heavy (non-hydrogen) atoms. The number of hydrogen-bond donors (Lipinski definition) is 0. The molecule has 1 heterocycles. The van der Waals surface area contributed by atoms with Crippen LogP contribution in [0.5, 0.6) is 0 Å². The Balaban J connectivity index is 1.63. The van der Waals surface area contributed by atoms with Crippen molar-refractivity contribution in [3.05, 3.63) is 11.8 Å². The molecule has 0 aromatic carbocycles. The molecule has 1 nitrogen and oxygen atoms in total. The van der Waals surface area contributed by atoms with Crippen molar-refractivity contribution >= 4 is 11.8 Å². The summed E-state index contributed by atoms with van der Waals surface area (Å²) in [7, 11) is 0. The largest absolute Gasteiger partial charge is 0.500 e. The molecule has 2 aliphatic rings. The first-order chi connectivity index (χ1) is 6.95. The minimum atomic E-state index is 0.766. The van der Waals surface area contributed by atoms with Crippen LogP contribution in [0, 0.1) is 0 Å². The van der Waals surface area contributed by atoms with Gasteiger partial charge < -0.3 is 4.74 Å². The van der Waals surface area contributed by atoms with Crippen molar-refractivity contribution in [1.82, 2.24) is 0 Å². The van der Waals surface area contributed by atoms with E-state index in [1.807, 2.05) is 6.26 Å². The minimum Gasteiger partial charge on any atom is -0.500 e. The van der Waals surface area contributed by atoms with Gasteiger partial charge in [0.25, 0.3) is 0 Å². The van der Waals surface area contributed by atoms with Crippen LogP contribution in [-0.4, -0.2) is 17.6 Å². The molecule has 0 N–H and O–H groups in total. The molecular formula is C12H20OS. The van der Waals surface area contributed by atoms with Crippen LogP contribution < -0.4 is 0 Å². The van der Waals surface area contributed by atoms with Gasteiger partial charge in [-0.15, -0.1) is 0 Å². The fourth-order valence-corrected chi connectivity index (χ4v) is 3.37. The third kappa shape index (κ3) is 3.23. The van der Waals surface area contributed by atoms with Gasteiger partial charge in [-0.1, -0.05) is 6.42 Å². The molecule has 1 saturated heterocycles. The highest BCUT2D eigenvalue weighted by Gasteiger charge is 2.14. The smallest absolute Gasteiger partial charge is 0.0991 e. The average molecular weight is 212 g/mol. The molecule has 1 unspecified atom stereocenters. The maximum atomic E-state index is 5.67. The molecule has 0 amide bonds. The topological polar surface area (TPSA) is 9.23 Å². The molecule has 2 rings (SSSR count). The first-order valence-corrected chi connectivity index (χ1v) is 6.91. The Morgan fingerprint density at radius 3 is 2.79 bits per heavy atom. The fraction of sp³-hybridized carbons (Fsp3) is 0.833. The first kappa shape index (κ1) is 10.4. The summed E-state index contributed by atoms with van der Waals surface area (Å²) in [6.07, 6.45) is 11.5. The van der Waals surface area contributed by atoms with E-state index in [1.54, 1.807) is 0 Å². The van der Waals surface area contributed by atoms with Gasteiger partial charge in [-0.2, -0.15) is 11.8 Å². The van der Waals surface area contributed by atoms with Gasteiger partial charge in [0.05, 0.1) is 12.9 Å². The SMILES string of the molecule is C(OCC1CCCCS1)=C1CCCC1. The Kier molecular flexibility index (Phi) is 4.23. The van der Waals surface area contributed by atoms with Crippen LogP contribution in [0.15, 0.2) is 11.8 Å². The summed E-state index contributed by atoms with van der Waals surface area (Å²) in [5, 5.41) is 0.766. The van der Waals surface area contributed by atoms with E-state index in [1.165, 1.54) is 56.3 Å². The van der Waals surface area contributed by atoms with E-state index in [-0.39, 0.29) is 0 Å². The van der Waals surface area contributed by atoms with Crippen LogP contribution in [0.2, 0.25) is 0 Å². The summed E-state index contributed by atoms with van der Waals surface area (Å²) < 4.78 is 5.67. The van der Waals surface area contributed by atoms with E-state index in [9.17, 15) is 0 Å². The van der Waals surface area contributed by atoms with Crippen LogP contribution in [0.25, 0.3) is 0 Å². The number of thioether (sulfide) groups is 1. The molecule has 2 fully saturated rings. The molecule has 80 valence electrons. The highest BCUT2D eigenvalue weighted by Crippen LogP contribution is 2.26. The molecule has 1 aliphatic heterocycles. The number of allylic oxidation sites excluding steroid dienone is 1. The van der Waals surface area contributed by atoms with E-state index in [0.29, 0.717) is 0 Å². The van der Waals surface area contributed by atoms with Gasteiger partial charge in [-0.05, 0) is 49.9 Å². The van der Waals surface area contributed by atoms with Crippen LogP contribution >= 0.6 is 11.8 Å². The highest BCUT2D eigenvalue weighted by atomic mass is 32.2. The zero-order valence-electron chi connectivity index (χ0n) is 8.84. The van der Waals surface area contributed by atoms with E-state index >= 15 is 0 Å². The maximum Gasteiger partial charge on any atom is 0.0991 e. The second-order valence-corrected chi connectivity index (χ2v) is 5.71. The second-order valence-electron chi connectivity index (χ2n) is 4.31. The van der Waals surface area contributed by atoms with Crippen molar-refractivity contribution in [2.75, 3.05) is 12.4 Å². The quantitative estimate of drug-likeness (QED) is 0.659. The van der Waals surface area contributed by atoms with Gasteiger partial charge >= 0.3 is 0 Å². The Bertz CT molecular complexity index is 186. The summed E-state index contributed by atoms with van der Waals surface area (Å²) in [6.45, 7) is 0.939. The van der Waals surface area contributed by atoms with Gasteiger partial charge in [-0.25, -0.2) is 0 Å². The summed E-state index contributed by atoms with van der Waals surface area (Å²) >= 11 is 2.09. The van der Waals surface area contributed by atoms with Gasteiger partial charge in [-0.3, -0.25) is 0 Å². The highest BCUT2D eigenvalue weighted by molar-refractivity contribution is 7.99. The molecule has 0 aromatic rings. The Labute approximate surface area is 91.3 Å². The van der Waals surface area contributed by atoms with Crippen molar-refractivity contribution in [2.24, 2.45) is 0 Å². The van der Waals surface area contributed by atoms with Crippen molar-refractivity contribution in [3.63, 3.8) is 0 Å². The number of ether oxygens (including phenoxy) is 1. The lowest BCUT2D eigenvalue weighted by atomic mass is 10.2. The lowest BCUT2D eigenvalue weighted by molar-refractivity contribution is 0.241. The van der Waals surface area contributed by atoms with E-state index < -0.39 is 0 Å². The zero-order valence-corrected chi connectivity index (χ0v) is 9.65. The molecule has 2 heteroatoms. The molecule has 1 aliphatic carbocycles. The Morgan fingerprint density at radius 1 is 1.21 bits per heavy atom. The molecule has 0 bridgehead atoms. The molecule has 1 atom stereocenters. The second kappa shape index (κ2) is 5.69. The Morgan fingerprint density at radius 2 is 2.07 bits per heavy atom. The van der Waals surface area contributed by atoms with Crippen molar-refractivity contribution < 1.29 is 4.74 Å². The summed E-state index contributed by atoms with van der Waals surface area (Å²) in [5.41, 5.74) is 1.53. The molecular weight excluding hydrogens is 192 g/mol. The van der Waals surface area contributed by atoms with E-state index in [2.05, 4.69) is 11.8 Å². The van der Waals surface area contributed by atoms with Gasteiger partial charge in [0.1, 0.15) is 0 Å². The normalized spacial score (nSPS) is 27.7. The van der Waals surface area contributed by atoms with Crippen molar-refractivity contribution in [3.8, 4) is 0 Å². The van der Waals surface area contributed by atoms with Crippen LogP contribution in [0.4, 0.5) is 0 Å². The average Bonchev–Trinajstić information content (AvgIpc) is 2.72. The van der Waals surface area contributed by atoms with Crippen molar-refractivity contribution in [2.45, 2.75) is 50.2 Å². The van der Waals surface area contributed by atoms with Gasteiger partial charge in [0, 0.05) is 5.25 Å². The fourth-order valence-electron chi connectivity index (χ4n) is 2.16. The van der Waals surface area contributed by atoms with Crippen LogP contribution in [-0.2, 0) is 4.74 Å². The summed E-state index contributed by atoms with van der Waals surface area (Å²) in [4.78, 5) is 0. The third-order valence-corrected chi connectivity index (χ3v) is 4.42. The molecule has 0 aromatic heterocycles.